The molecule has 2 rings (SSSR count). The second-order valence-corrected chi connectivity index (χ2v) is 4.86. The van der Waals surface area contributed by atoms with Gasteiger partial charge in [0.1, 0.15) is 5.82 Å². The van der Waals surface area contributed by atoms with Crippen LogP contribution in [0.25, 0.3) is 0 Å². The van der Waals surface area contributed by atoms with Crippen molar-refractivity contribution < 1.29 is 9.18 Å². The first kappa shape index (κ1) is 14.3. The molecule has 2 aromatic carbocycles. The Kier molecular flexibility index (Phi) is 4.25. The molecule has 3 N–H and O–H groups in total. The van der Waals surface area contributed by atoms with E-state index in [1.165, 1.54) is 12.1 Å². The van der Waals surface area contributed by atoms with Crippen molar-refractivity contribution in [3.05, 3.63) is 64.4 Å². The SMILES string of the molecule is C[C@@H](NC(=O)c1ccc(Cl)c(N)c1)c1ccccc1F. The molecule has 0 bridgehead atoms. The molecule has 0 aliphatic carbocycles. The second kappa shape index (κ2) is 5.92. The molecule has 1 atom stereocenters. The van der Waals surface area contributed by atoms with Crippen LogP contribution in [0.2, 0.25) is 5.02 Å². The normalized spacial score (nSPS) is 11.9. The minimum atomic E-state index is -0.444. The van der Waals surface area contributed by atoms with Crippen LogP contribution in [0.1, 0.15) is 28.9 Å². The van der Waals surface area contributed by atoms with Crippen LogP contribution < -0.4 is 11.1 Å². The van der Waals surface area contributed by atoms with E-state index in [2.05, 4.69) is 5.32 Å². The van der Waals surface area contributed by atoms with Gasteiger partial charge in [0, 0.05) is 11.1 Å². The van der Waals surface area contributed by atoms with E-state index in [1.807, 2.05) is 0 Å². The fourth-order valence-corrected chi connectivity index (χ4v) is 1.99. The van der Waals surface area contributed by atoms with Crippen LogP contribution in [0, 0.1) is 5.82 Å². The van der Waals surface area contributed by atoms with Crippen LogP contribution >= 0.6 is 11.6 Å². The topological polar surface area (TPSA) is 55.1 Å². The maximum absolute atomic E-state index is 13.6. The second-order valence-electron chi connectivity index (χ2n) is 4.45. The van der Waals surface area contributed by atoms with Crippen LogP contribution in [0.4, 0.5) is 10.1 Å². The van der Waals surface area contributed by atoms with Gasteiger partial charge in [0.15, 0.2) is 0 Å². The summed E-state index contributed by atoms with van der Waals surface area (Å²) < 4.78 is 13.6. The highest BCUT2D eigenvalue weighted by Crippen LogP contribution is 2.21. The highest BCUT2D eigenvalue weighted by molar-refractivity contribution is 6.33. The van der Waals surface area contributed by atoms with Gasteiger partial charge in [-0.1, -0.05) is 29.8 Å². The molecule has 3 nitrogen and oxygen atoms in total. The summed E-state index contributed by atoms with van der Waals surface area (Å²) in [5.74, 6) is -0.681. The first-order chi connectivity index (χ1) is 9.49. The maximum Gasteiger partial charge on any atom is 0.251 e. The summed E-state index contributed by atoms with van der Waals surface area (Å²) in [6, 6.07) is 10.5. The largest absolute Gasteiger partial charge is 0.398 e. The molecule has 0 aliphatic rings. The highest BCUT2D eigenvalue weighted by Gasteiger charge is 2.14. The number of hydrogen-bond donors (Lipinski definition) is 2. The van der Waals surface area contributed by atoms with Crippen molar-refractivity contribution in [3.63, 3.8) is 0 Å². The number of nitrogen functional groups attached to an aromatic ring is 1. The third kappa shape index (κ3) is 3.08. The molecule has 20 heavy (non-hydrogen) atoms. The lowest BCUT2D eigenvalue weighted by Gasteiger charge is -2.15. The number of carbonyl (C=O) groups excluding carboxylic acids is 1. The van der Waals surface area contributed by atoms with Gasteiger partial charge in [0.25, 0.3) is 5.91 Å². The Hall–Kier alpha value is -2.07. The van der Waals surface area contributed by atoms with Crippen LogP contribution in [0.3, 0.4) is 0 Å². The summed E-state index contributed by atoms with van der Waals surface area (Å²) in [7, 11) is 0. The van der Waals surface area contributed by atoms with Crippen molar-refractivity contribution in [2.75, 3.05) is 5.73 Å². The van der Waals surface area contributed by atoms with Crippen LogP contribution in [0.15, 0.2) is 42.5 Å². The summed E-state index contributed by atoms with van der Waals surface area (Å²) in [5.41, 5.74) is 6.80. The predicted molar refractivity (Wildman–Crippen MR) is 78.1 cm³/mol. The molecule has 1 amide bonds. The number of amides is 1. The van der Waals surface area contributed by atoms with E-state index in [0.717, 1.165) is 0 Å². The lowest BCUT2D eigenvalue weighted by atomic mass is 10.1. The van der Waals surface area contributed by atoms with Crippen LogP contribution in [-0.4, -0.2) is 5.91 Å². The van der Waals surface area contributed by atoms with Crippen molar-refractivity contribution >= 4 is 23.2 Å². The fourth-order valence-electron chi connectivity index (χ4n) is 1.87. The number of halogens is 2. The molecule has 2 aromatic rings. The van der Waals surface area contributed by atoms with Crippen molar-refractivity contribution in [2.45, 2.75) is 13.0 Å². The molecule has 0 aliphatic heterocycles. The standard InChI is InChI=1S/C15H14ClFN2O/c1-9(11-4-2-3-5-13(11)17)19-15(20)10-6-7-12(16)14(18)8-10/h2-9H,18H2,1H3,(H,19,20)/t9-/m1/s1. The third-order valence-corrected chi connectivity index (χ3v) is 3.32. The van der Waals surface area contributed by atoms with Gasteiger partial charge in [0.05, 0.1) is 16.8 Å². The van der Waals surface area contributed by atoms with Gasteiger partial charge < -0.3 is 11.1 Å². The molecule has 0 fully saturated rings. The van der Waals surface area contributed by atoms with E-state index in [4.69, 9.17) is 17.3 Å². The highest BCUT2D eigenvalue weighted by atomic mass is 35.5. The van der Waals surface area contributed by atoms with E-state index >= 15 is 0 Å². The van der Waals surface area contributed by atoms with E-state index in [9.17, 15) is 9.18 Å². The smallest absolute Gasteiger partial charge is 0.251 e. The van der Waals surface area contributed by atoms with E-state index in [0.29, 0.717) is 21.8 Å². The zero-order chi connectivity index (χ0) is 14.7. The monoisotopic (exact) mass is 292 g/mol. The van der Waals surface area contributed by atoms with Gasteiger partial charge in [-0.2, -0.15) is 0 Å². The molecule has 104 valence electrons. The Morgan fingerprint density at radius 2 is 2.00 bits per heavy atom. The van der Waals surface area contributed by atoms with Gasteiger partial charge in [-0.05, 0) is 31.2 Å². The van der Waals surface area contributed by atoms with Gasteiger partial charge in [-0.25, -0.2) is 4.39 Å². The van der Waals surface area contributed by atoms with Crippen molar-refractivity contribution in [3.8, 4) is 0 Å². The fraction of sp³-hybridized carbons (Fsp3) is 0.133. The summed E-state index contributed by atoms with van der Waals surface area (Å²) in [5, 5.41) is 3.11. The Morgan fingerprint density at radius 1 is 1.30 bits per heavy atom. The average molecular weight is 293 g/mol. The minimum Gasteiger partial charge on any atom is -0.398 e. The van der Waals surface area contributed by atoms with Gasteiger partial charge in [-0.3, -0.25) is 4.79 Å². The Balaban J connectivity index is 2.15. The van der Waals surface area contributed by atoms with Crippen LogP contribution in [-0.2, 0) is 0 Å². The summed E-state index contributed by atoms with van der Waals surface area (Å²) in [4.78, 5) is 12.1. The Labute approximate surface area is 121 Å². The molecule has 5 heteroatoms. The number of nitrogens with two attached hydrogens (primary N) is 1. The predicted octanol–water partition coefficient (Wildman–Crippen LogP) is 3.55. The summed E-state index contributed by atoms with van der Waals surface area (Å²) >= 11 is 5.80. The molecule has 0 spiro atoms. The molecular formula is C15H14ClFN2O. The Bertz CT molecular complexity index is 646. The molecular weight excluding hydrogens is 279 g/mol. The van der Waals surface area contributed by atoms with Gasteiger partial charge in [-0.15, -0.1) is 0 Å². The van der Waals surface area contributed by atoms with Crippen molar-refractivity contribution in [2.24, 2.45) is 0 Å². The summed E-state index contributed by atoms with van der Waals surface area (Å²) in [6.07, 6.45) is 0. The number of benzene rings is 2. The number of hydrogen-bond acceptors (Lipinski definition) is 2. The van der Waals surface area contributed by atoms with E-state index in [-0.39, 0.29) is 11.7 Å². The van der Waals surface area contributed by atoms with E-state index in [1.54, 1.807) is 37.3 Å². The number of rotatable bonds is 3. The van der Waals surface area contributed by atoms with Crippen LogP contribution in [0.5, 0.6) is 0 Å². The molecule has 0 heterocycles. The first-order valence-corrected chi connectivity index (χ1v) is 6.47. The molecule has 0 unspecified atom stereocenters. The quantitative estimate of drug-likeness (QED) is 0.850. The molecule has 0 radical (unpaired) electrons. The lowest BCUT2D eigenvalue weighted by molar-refractivity contribution is 0.0939. The maximum atomic E-state index is 13.6. The Morgan fingerprint density at radius 3 is 2.65 bits per heavy atom. The van der Waals surface area contributed by atoms with Gasteiger partial charge >= 0.3 is 0 Å². The number of anilines is 1. The average Bonchev–Trinajstić information content (AvgIpc) is 2.42. The number of nitrogens with one attached hydrogen (secondary N) is 1. The number of carbonyl (C=O) groups is 1. The lowest BCUT2D eigenvalue weighted by Crippen LogP contribution is -2.27. The molecule has 0 saturated heterocycles. The van der Waals surface area contributed by atoms with Crippen molar-refractivity contribution in [1.29, 1.82) is 0 Å². The zero-order valence-electron chi connectivity index (χ0n) is 10.9. The first-order valence-electron chi connectivity index (χ1n) is 6.09. The molecule has 0 aromatic heterocycles. The minimum absolute atomic E-state index is 0.330. The van der Waals surface area contributed by atoms with Gasteiger partial charge in [0.2, 0.25) is 0 Å². The summed E-state index contributed by atoms with van der Waals surface area (Å²) in [6.45, 7) is 1.72. The van der Waals surface area contributed by atoms with E-state index < -0.39 is 6.04 Å². The third-order valence-electron chi connectivity index (χ3n) is 2.98. The molecule has 0 saturated carbocycles. The zero-order valence-corrected chi connectivity index (χ0v) is 11.6. The van der Waals surface area contributed by atoms with Crippen molar-refractivity contribution in [1.82, 2.24) is 5.32 Å².